The molecule has 1 unspecified atom stereocenters. The predicted molar refractivity (Wildman–Crippen MR) is 139 cm³/mol. The maximum atomic E-state index is 11.6. The fourth-order valence-electron chi connectivity index (χ4n) is 4.04. The van der Waals surface area contributed by atoms with Crippen LogP contribution < -0.4 is 9.80 Å². The summed E-state index contributed by atoms with van der Waals surface area (Å²) in [6.45, 7) is 3.12. The number of halogens is 1. The average molecular weight is 494 g/mol. The van der Waals surface area contributed by atoms with Crippen LogP contribution in [0.2, 0.25) is 5.02 Å². The van der Waals surface area contributed by atoms with Crippen molar-refractivity contribution in [1.82, 2.24) is 14.9 Å². The summed E-state index contributed by atoms with van der Waals surface area (Å²) in [5.74, 6) is 0.758. The largest absolute Gasteiger partial charge is 0.505 e. The zero-order valence-electron chi connectivity index (χ0n) is 19.9. The number of aromatic hydroxyl groups is 1. The van der Waals surface area contributed by atoms with Gasteiger partial charge in [-0.05, 0) is 49.2 Å². The molecule has 0 saturated carbocycles. The molecular formula is C26H28ClN5O3. The fraction of sp³-hybridized carbons (Fsp3) is 0.269. The van der Waals surface area contributed by atoms with E-state index >= 15 is 0 Å². The van der Waals surface area contributed by atoms with E-state index < -0.39 is 0 Å². The summed E-state index contributed by atoms with van der Waals surface area (Å²) >= 11 is 6.54. The van der Waals surface area contributed by atoms with Crippen molar-refractivity contribution in [3.05, 3.63) is 65.7 Å². The summed E-state index contributed by atoms with van der Waals surface area (Å²) in [6, 6.07) is 10.7. The van der Waals surface area contributed by atoms with E-state index in [9.17, 15) is 15.0 Å². The van der Waals surface area contributed by atoms with Crippen LogP contribution in [0.1, 0.15) is 12.1 Å². The maximum Gasteiger partial charge on any atom is 0.218 e. The second kappa shape index (κ2) is 10.3. The van der Waals surface area contributed by atoms with Crippen molar-refractivity contribution in [1.29, 1.82) is 0 Å². The van der Waals surface area contributed by atoms with Gasteiger partial charge in [-0.2, -0.15) is 0 Å². The molecule has 1 aromatic carbocycles. The Morgan fingerprint density at radius 2 is 1.94 bits per heavy atom. The molecule has 0 spiro atoms. The van der Waals surface area contributed by atoms with Gasteiger partial charge in [-0.15, -0.1) is 0 Å². The lowest BCUT2D eigenvalue weighted by molar-refractivity contribution is -0.106. The van der Waals surface area contributed by atoms with Crippen molar-refractivity contribution in [2.24, 2.45) is 0 Å². The normalized spacial score (nSPS) is 15.6. The Bertz CT molecular complexity index is 1260. The molecule has 8 nitrogen and oxygen atoms in total. The third-order valence-electron chi connectivity index (χ3n) is 5.80. The summed E-state index contributed by atoms with van der Waals surface area (Å²) in [5.41, 5.74) is 3.70. The molecule has 3 heterocycles. The van der Waals surface area contributed by atoms with E-state index in [-0.39, 0.29) is 11.9 Å². The Labute approximate surface area is 209 Å². The molecule has 2 N–H and O–H groups in total. The number of amides is 1. The van der Waals surface area contributed by atoms with Crippen molar-refractivity contribution >= 4 is 29.5 Å². The fourth-order valence-corrected chi connectivity index (χ4v) is 4.32. The first kappa shape index (κ1) is 24.5. The topological polar surface area (TPSA) is 93.0 Å². The van der Waals surface area contributed by atoms with Crippen molar-refractivity contribution in [3.63, 3.8) is 0 Å². The van der Waals surface area contributed by atoms with Crippen LogP contribution in [0.4, 0.5) is 11.5 Å². The van der Waals surface area contributed by atoms with Gasteiger partial charge < -0.3 is 20.0 Å². The molecule has 0 aliphatic carbocycles. The van der Waals surface area contributed by atoms with Gasteiger partial charge in [0.1, 0.15) is 17.3 Å². The molecular weight excluding hydrogens is 466 g/mol. The first-order valence-corrected chi connectivity index (χ1v) is 11.6. The molecule has 1 fully saturated rings. The van der Waals surface area contributed by atoms with Crippen molar-refractivity contribution in [2.75, 3.05) is 37.0 Å². The number of carbonyl (C=O) groups excluding carboxylic acids is 1. The molecule has 9 heteroatoms. The van der Waals surface area contributed by atoms with Gasteiger partial charge in [0.05, 0.1) is 16.8 Å². The lowest BCUT2D eigenvalue weighted by Gasteiger charge is -2.18. The van der Waals surface area contributed by atoms with Crippen molar-refractivity contribution in [3.8, 4) is 28.1 Å². The molecule has 2 aromatic heterocycles. The van der Waals surface area contributed by atoms with Gasteiger partial charge in [0.25, 0.3) is 0 Å². The number of aryl methyl sites for hydroxylation is 1. The van der Waals surface area contributed by atoms with Gasteiger partial charge >= 0.3 is 0 Å². The number of anilines is 2. The van der Waals surface area contributed by atoms with Crippen LogP contribution in [-0.2, 0) is 4.79 Å². The molecule has 1 amide bonds. The Kier molecular flexibility index (Phi) is 7.23. The summed E-state index contributed by atoms with van der Waals surface area (Å²) in [6.07, 6.45) is 6.08. The highest BCUT2D eigenvalue weighted by Crippen LogP contribution is 2.40. The molecule has 3 aromatic rings. The quantitative estimate of drug-likeness (QED) is 0.480. The van der Waals surface area contributed by atoms with E-state index in [0.717, 1.165) is 23.6 Å². The summed E-state index contributed by atoms with van der Waals surface area (Å²) < 4.78 is 0. The van der Waals surface area contributed by atoms with E-state index in [2.05, 4.69) is 9.97 Å². The number of β-amino-alcohol motifs (C(OH)–C–C–N with tert-alkyl or cyclic N) is 1. The van der Waals surface area contributed by atoms with Gasteiger partial charge in [-0.25, -0.2) is 9.97 Å². The van der Waals surface area contributed by atoms with Crippen molar-refractivity contribution in [2.45, 2.75) is 19.4 Å². The maximum absolute atomic E-state index is 11.6. The molecule has 1 saturated heterocycles. The number of rotatable bonds is 7. The smallest absolute Gasteiger partial charge is 0.218 e. The summed E-state index contributed by atoms with van der Waals surface area (Å²) in [4.78, 5) is 25.8. The lowest BCUT2D eigenvalue weighted by atomic mass is 10.0. The van der Waals surface area contributed by atoms with Crippen LogP contribution in [-0.4, -0.2) is 64.8 Å². The standard InChI is InChI=1S/C26H28ClN5O3/c1-17-12-21(18-4-5-23(22(27)13-18)32(16-33)11-10-30(2)3)26(35)25(29-17)19-6-8-28-24(14-19)31-9-7-20(34)15-31/h4-6,8,10-14,16,20,34-35H,7,9,15H2,1-3H3/b11-10-. The number of carbonyl (C=O) groups is 1. The first-order valence-electron chi connectivity index (χ1n) is 11.2. The molecule has 182 valence electrons. The van der Waals surface area contributed by atoms with E-state index in [1.165, 1.54) is 4.90 Å². The number of hydrogen-bond donors (Lipinski definition) is 2. The van der Waals surface area contributed by atoms with Gasteiger partial charge in [-0.3, -0.25) is 9.69 Å². The Morgan fingerprint density at radius 1 is 1.14 bits per heavy atom. The Morgan fingerprint density at radius 3 is 2.60 bits per heavy atom. The molecule has 0 bridgehead atoms. The number of aliphatic hydroxyl groups is 1. The zero-order valence-corrected chi connectivity index (χ0v) is 20.6. The minimum absolute atomic E-state index is 0.0257. The van der Waals surface area contributed by atoms with E-state index in [1.54, 1.807) is 42.9 Å². The lowest BCUT2D eigenvalue weighted by Crippen LogP contribution is -2.22. The molecule has 4 rings (SSSR count). The number of aliphatic hydroxyl groups excluding tert-OH is 1. The Balaban J connectivity index is 1.71. The van der Waals surface area contributed by atoms with Crippen LogP contribution in [0.3, 0.4) is 0 Å². The number of benzene rings is 1. The van der Waals surface area contributed by atoms with Gasteiger partial charge in [0.15, 0.2) is 0 Å². The van der Waals surface area contributed by atoms with E-state index in [0.29, 0.717) is 46.9 Å². The predicted octanol–water partition coefficient (Wildman–Crippen LogP) is 4.04. The highest BCUT2D eigenvalue weighted by atomic mass is 35.5. The summed E-state index contributed by atoms with van der Waals surface area (Å²) in [7, 11) is 3.72. The van der Waals surface area contributed by atoms with Gasteiger partial charge in [-0.1, -0.05) is 17.7 Å². The second-order valence-corrected chi connectivity index (χ2v) is 9.15. The average Bonchev–Trinajstić information content (AvgIpc) is 3.27. The van der Waals surface area contributed by atoms with E-state index in [1.807, 2.05) is 43.0 Å². The Hall–Kier alpha value is -3.62. The third kappa shape index (κ3) is 5.39. The molecule has 35 heavy (non-hydrogen) atoms. The number of nitrogens with zero attached hydrogens (tertiary/aromatic N) is 5. The van der Waals surface area contributed by atoms with Crippen LogP contribution in [0, 0.1) is 6.92 Å². The highest BCUT2D eigenvalue weighted by Gasteiger charge is 2.22. The summed E-state index contributed by atoms with van der Waals surface area (Å²) in [5, 5.41) is 21.5. The third-order valence-corrected chi connectivity index (χ3v) is 6.11. The van der Waals surface area contributed by atoms with Crippen molar-refractivity contribution < 1.29 is 15.0 Å². The SMILES string of the molecule is Cc1cc(-c2ccc(N(C=O)/C=C\N(C)C)c(Cl)c2)c(O)c(-c2ccnc(N3CCC(O)C3)c2)n1. The molecule has 1 atom stereocenters. The second-order valence-electron chi connectivity index (χ2n) is 8.74. The first-order chi connectivity index (χ1) is 16.8. The van der Waals surface area contributed by atoms with Crippen LogP contribution >= 0.6 is 11.6 Å². The number of pyridine rings is 2. The van der Waals surface area contributed by atoms with Crippen LogP contribution in [0.5, 0.6) is 5.75 Å². The number of hydrogen-bond acceptors (Lipinski definition) is 7. The van der Waals surface area contributed by atoms with Crippen LogP contribution in [0.25, 0.3) is 22.4 Å². The number of aromatic nitrogens is 2. The van der Waals surface area contributed by atoms with Gasteiger partial charge in [0, 0.05) is 62.6 Å². The van der Waals surface area contributed by atoms with Gasteiger partial charge in [0.2, 0.25) is 6.41 Å². The highest BCUT2D eigenvalue weighted by molar-refractivity contribution is 6.34. The minimum atomic E-state index is -0.362. The molecule has 1 aliphatic rings. The molecule has 0 radical (unpaired) electrons. The monoisotopic (exact) mass is 493 g/mol. The zero-order chi connectivity index (χ0) is 25.1. The van der Waals surface area contributed by atoms with E-state index in [4.69, 9.17) is 11.6 Å². The minimum Gasteiger partial charge on any atom is -0.505 e. The molecule has 1 aliphatic heterocycles. The van der Waals surface area contributed by atoms with Crippen LogP contribution in [0.15, 0.2) is 55.0 Å².